The second-order valence-corrected chi connectivity index (χ2v) is 6.12. The predicted molar refractivity (Wildman–Crippen MR) is 90.4 cm³/mol. The van der Waals surface area contributed by atoms with Gasteiger partial charge in [-0.25, -0.2) is 0 Å². The number of piperazine rings is 1. The summed E-state index contributed by atoms with van der Waals surface area (Å²) in [6.07, 6.45) is 3.48. The molecule has 1 aromatic carbocycles. The Kier molecular flexibility index (Phi) is 6.68. The third kappa shape index (κ3) is 4.80. The molecule has 0 aliphatic carbocycles. The van der Waals surface area contributed by atoms with E-state index in [0.717, 1.165) is 25.9 Å². The van der Waals surface area contributed by atoms with E-state index in [0.29, 0.717) is 6.04 Å². The molecule has 1 atom stereocenters. The summed E-state index contributed by atoms with van der Waals surface area (Å²) in [5, 5.41) is 0. The van der Waals surface area contributed by atoms with E-state index in [4.69, 9.17) is 5.73 Å². The van der Waals surface area contributed by atoms with Crippen molar-refractivity contribution in [3.8, 4) is 0 Å². The lowest BCUT2D eigenvalue weighted by Gasteiger charge is -2.39. The van der Waals surface area contributed by atoms with Crippen LogP contribution in [0.2, 0.25) is 0 Å². The summed E-state index contributed by atoms with van der Waals surface area (Å²) < 4.78 is 0. The lowest BCUT2D eigenvalue weighted by molar-refractivity contribution is 0.0871. The molecule has 3 heteroatoms. The van der Waals surface area contributed by atoms with E-state index >= 15 is 0 Å². The number of hydrogen-bond donors (Lipinski definition) is 1. The van der Waals surface area contributed by atoms with E-state index in [1.54, 1.807) is 0 Å². The molecule has 1 aliphatic heterocycles. The molecule has 21 heavy (non-hydrogen) atoms. The number of benzene rings is 1. The van der Waals surface area contributed by atoms with Gasteiger partial charge in [0.2, 0.25) is 0 Å². The zero-order valence-electron chi connectivity index (χ0n) is 13.7. The fourth-order valence-electron chi connectivity index (χ4n) is 3.26. The Morgan fingerprint density at radius 2 is 1.62 bits per heavy atom. The molecule has 1 aromatic rings. The third-order valence-electron chi connectivity index (χ3n) is 4.73. The summed E-state index contributed by atoms with van der Waals surface area (Å²) in [5.41, 5.74) is 8.59. The number of rotatable bonds is 7. The van der Waals surface area contributed by atoms with Gasteiger partial charge in [-0.2, -0.15) is 0 Å². The van der Waals surface area contributed by atoms with Crippen LogP contribution in [0.25, 0.3) is 0 Å². The maximum Gasteiger partial charge on any atom is 0.0234 e. The minimum absolute atomic E-state index is 0.681. The zero-order valence-corrected chi connectivity index (χ0v) is 13.7. The molecular formula is C18H31N3. The van der Waals surface area contributed by atoms with Crippen LogP contribution >= 0.6 is 0 Å². The second kappa shape index (κ2) is 8.52. The predicted octanol–water partition coefficient (Wildman–Crippen LogP) is 2.49. The normalized spacial score (nSPS) is 18.8. The van der Waals surface area contributed by atoms with Crippen LogP contribution in [-0.4, -0.2) is 48.6 Å². The molecule has 1 saturated heterocycles. The summed E-state index contributed by atoms with van der Waals surface area (Å²) in [6.45, 7) is 11.1. The molecule has 118 valence electrons. The van der Waals surface area contributed by atoms with Gasteiger partial charge in [0.25, 0.3) is 0 Å². The molecule has 1 unspecified atom stereocenters. The van der Waals surface area contributed by atoms with Crippen molar-refractivity contribution in [2.75, 3.05) is 32.7 Å². The molecule has 0 amide bonds. The van der Waals surface area contributed by atoms with Crippen molar-refractivity contribution < 1.29 is 0 Å². The standard InChI is InChI=1S/C18H31N3/c1-3-16-5-7-17(8-6-16)15-20-11-13-21(14-12-20)18(4-2)9-10-19/h5-8,18H,3-4,9-15,19H2,1-2H3. The lowest BCUT2D eigenvalue weighted by Crippen LogP contribution is -2.50. The maximum absolute atomic E-state index is 5.73. The summed E-state index contributed by atoms with van der Waals surface area (Å²) in [5.74, 6) is 0. The molecule has 2 rings (SSSR count). The summed E-state index contributed by atoms with van der Waals surface area (Å²) >= 11 is 0. The molecule has 2 N–H and O–H groups in total. The number of aryl methyl sites for hydroxylation is 1. The van der Waals surface area contributed by atoms with Gasteiger partial charge in [-0.15, -0.1) is 0 Å². The lowest BCUT2D eigenvalue weighted by atomic mass is 10.1. The van der Waals surface area contributed by atoms with Crippen LogP contribution in [-0.2, 0) is 13.0 Å². The topological polar surface area (TPSA) is 32.5 Å². The Morgan fingerprint density at radius 1 is 1.00 bits per heavy atom. The van der Waals surface area contributed by atoms with Gasteiger partial charge in [0.15, 0.2) is 0 Å². The fraction of sp³-hybridized carbons (Fsp3) is 0.667. The van der Waals surface area contributed by atoms with E-state index in [1.807, 2.05) is 0 Å². The highest BCUT2D eigenvalue weighted by Gasteiger charge is 2.22. The first-order chi connectivity index (χ1) is 10.3. The molecule has 3 nitrogen and oxygen atoms in total. The van der Waals surface area contributed by atoms with Crippen LogP contribution < -0.4 is 5.73 Å². The van der Waals surface area contributed by atoms with Crippen molar-refractivity contribution in [2.24, 2.45) is 5.73 Å². The number of nitrogens with two attached hydrogens (primary N) is 1. The second-order valence-electron chi connectivity index (χ2n) is 6.12. The van der Waals surface area contributed by atoms with Crippen LogP contribution in [0.3, 0.4) is 0 Å². The van der Waals surface area contributed by atoms with Crippen molar-refractivity contribution in [1.29, 1.82) is 0 Å². The van der Waals surface area contributed by atoms with Gasteiger partial charge in [0.05, 0.1) is 0 Å². The van der Waals surface area contributed by atoms with Crippen molar-refractivity contribution in [3.63, 3.8) is 0 Å². The maximum atomic E-state index is 5.73. The minimum Gasteiger partial charge on any atom is -0.330 e. The molecule has 0 radical (unpaired) electrons. The minimum atomic E-state index is 0.681. The van der Waals surface area contributed by atoms with Gasteiger partial charge in [-0.1, -0.05) is 38.1 Å². The van der Waals surface area contributed by atoms with E-state index in [1.165, 1.54) is 43.7 Å². The highest BCUT2D eigenvalue weighted by atomic mass is 15.3. The van der Waals surface area contributed by atoms with Crippen LogP contribution in [0.1, 0.15) is 37.8 Å². The quantitative estimate of drug-likeness (QED) is 0.837. The molecule has 1 aliphatic rings. The Morgan fingerprint density at radius 3 is 2.14 bits per heavy atom. The van der Waals surface area contributed by atoms with Gasteiger partial charge in [-0.3, -0.25) is 9.80 Å². The summed E-state index contributed by atoms with van der Waals surface area (Å²) in [4.78, 5) is 5.20. The van der Waals surface area contributed by atoms with E-state index in [9.17, 15) is 0 Å². The third-order valence-corrected chi connectivity index (χ3v) is 4.73. The van der Waals surface area contributed by atoms with E-state index in [2.05, 4.69) is 47.9 Å². The number of nitrogens with zero attached hydrogens (tertiary/aromatic N) is 2. The van der Waals surface area contributed by atoms with Gasteiger partial charge >= 0.3 is 0 Å². The smallest absolute Gasteiger partial charge is 0.0234 e. The molecular weight excluding hydrogens is 258 g/mol. The van der Waals surface area contributed by atoms with E-state index in [-0.39, 0.29) is 0 Å². The molecule has 0 saturated carbocycles. The largest absolute Gasteiger partial charge is 0.330 e. The first-order valence-corrected chi connectivity index (χ1v) is 8.51. The van der Waals surface area contributed by atoms with Crippen molar-refractivity contribution in [3.05, 3.63) is 35.4 Å². The highest BCUT2D eigenvalue weighted by molar-refractivity contribution is 5.22. The van der Waals surface area contributed by atoms with Crippen molar-refractivity contribution in [1.82, 2.24) is 9.80 Å². The first kappa shape index (κ1) is 16.5. The highest BCUT2D eigenvalue weighted by Crippen LogP contribution is 2.14. The molecule has 1 fully saturated rings. The average molecular weight is 289 g/mol. The van der Waals surface area contributed by atoms with Gasteiger partial charge in [0.1, 0.15) is 0 Å². The van der Waals surface area contributed by atoms with Crippen LogP contribution in [0.5, 0.6) is 0 Å². The molecule has 0 aromatic heterocycles. The monoisotopic (exact) mass is 289 g/mol. The van der Waals surface area contributed by atoms with Crippen LogP contribution in [0, 0.1) is 0 Å². The SMILES string of the molecule is CCc1ccc(CN2CCN(C(CC)CCN)CC2)cc1. The zero-order chi connectivity index (χ0) is 15.1. The first-order valence-electron chi connectivity index (χ1n) is 8.51. The molecule has 0 bridgehead atoms. The summed E-state index contributed by atoms with van der Waals surface area (Å²) in [7, 11) is 0. The fourth-order valence-corrected chi connectivity index (χ4v) is 3.26. The van der Waals surface area contributed by atoms with Crippen molar-refractivity contribution >= 4 is 0 Å². The van der Waals surface area contributed by atoms with Crippen LogP contribution in [0.4, 0.5) is 0 Å². The Labute approximate surface area is 130 Å². The van der Waals surface area contributed by atoms with E-state index < -0.39 is 0 Å². The van der Waals surface area contributed by atoms with Gasteiger partial charge in [0, 0.05) is 38.8 Å². The van der Waals surface area contributed by atoms with Gasteiger partial charge < -0.3 is 5.73 Å². The van der Waals surface area contributed by atoms with Crippen molar-refractivity contribution in [2.45, 2.75) is 45.7 Å². The average Bonchev–Trinajstić information content (AvgIpc) is 2.54. The van der Waals surface area contributed by atoms with Gasteiger partial charge in [-0.05, 0) is 36.9 Å². The Bertz CT molecular complexity index is 393. The number of hydrogen-bond acceptors (Lipinski definition) is 3. The van der Waals surface area contributed by atoms with Crippen LogP contribution in [0.15, 0.2) is 24.3 Å². The molecule has 1 heterocycles. The Hall–Kier alpha value is -0.900. The molecule has 0 spiro atoms. The Balaban J connectivity index is 1.80. The summed E-state index contributed by atoms with van der Waals surface area (Å²) in [6, 6.07) is 9.78.